The number of esters is 3. The number of carbonyl (C=O) groups excluding carboxylic acids is 3. The molecular formula is C33H24N2O11. The topological polar surface area (TPSA) is 166 Å². The molecule has 232 valence electrons. The predicted molar refractivity (Wildman–Crippen MR) is 159 cm³/mol. The second-order valence-corrected chi connectivity index (χ2v) is 10.2. The smallest absolute Gasteiger partial charge is 0.422 e. The molecule has 46 heavy (non-hydrogen) atoms. The van der Waals surface area contributed by atoms with Crippen molar-refractivity contribution in [3.8, 4) is 0 Å². The van der Waals surface area contributed by atoms with Crippen LogP contribution in [-0.4, -0.2) is 52.3 Å². The van der Waals surface area contributed by atoms with Gasteiger partial charge in [-0.3, -0.25) is 10.1 Å². The number of ether oxygens (including phenoxy) is 4. The fraction of sp³-hybridized carbons (Fsp3) is 0.152. The van der Waals surface area contributed by atoms with Crippen LogP contribution in [0.25, 0.3) is 11.1 Å². The summed E-state index contributed by atoms with van der Waals surface area (Å²) in [4.78, 5) is 63.9. The predicted octanol–water partition coefficient (Wildman–Crippen LogP) is 4.71. The zero-order chi connectivity index (χ0) is 32.2. The fourth-order valence-electron chi connectivity index (χ4n) is 5.04. The van der Waals surface area contributed by atoms with Gasteiger partial charge in [-0.05, 0) is 42.5 Å². The molecule has 0 amide bonds. The highest BCUT2D eigenvalue weighted by atomic mass is 16.7. The van der Waals surface area contributed by atoms with Crippen molar-refractivity contribution in [1.29, 1.82) is 0 Å². The number of rotatable bonds is 8. The van der Waals surface area contributed by atoms with Crippen molar-refractivity contribution < 1.29 is 42.7 Å². The van der Waals surface area contributed by atoms with Gasteiger partial charge < -0.3 is 23.4 Å². The Morgan fingerprint density at radius 2 is 1.22 bits per heavy atom. The Balaban J connectivity index is 1.44. The molecule has 0 unspecified atom stereocenters. The molecule has 13 nitrogen and oxygen atoms in total. The van der Waals surface area contributed by atoms with Gasteiger partial charge in [0.25, 0.3) is 5.69 Å². The second-order valence-electron chi connectivity index (χ2n) is 10.2. The minimum Gasteiger partial charge on any atom is -0.452 e. The van der Waals surface area contributed by atoms with Crippen LogP contribution in [0.3, 0.4) is 0 Å². The minimum absolute atomic E-state index is 0.0780. The van der Waals surface area contributed by atoms with Gasteiger partial charge in [-0.2, -0.15) is 0 Å². The average molecular weight is 625 g/mol. The first-order valence-corrected chi connectivity index (χ1v) is 14.0. The van der Waals surface area contributed by atoms with Gasteiger partial charge >= 0.3 is 23.7 Å². The van der Waals surface area contributed by atoms with Crippen LogP contribution in [0.1, 0.15) is 37.3 Å². The Labute approximate surface area is 259 Å². The van der Waals surface area contributed by atoms with Gasteiger partial charge in [0.15, 0.2) is 30.1 Å². The third-order valence-corrected chi connectivity index (χ3v) is 7.24. The maximum absolute atomic E-state index is 13.4. The number of nitro groups is 1. The lowest BCUT2D eigenvalue weighted by atomic mass is 10.0. The number of hydrogen-bond donors (Lipinski definition) is 0. The minimum atomic E-state index is -1.59. The van der Waals surface area contributed by atoms with Crippen molar-refractivity contribution in [3.05, 3.63) is 147 Å². The van der Waals surface area contributed by atoms with Gasteiger partial charge in [0, 0.05) is 6.07 Å². The molecule has 0 saturated carbocycles. The molecule has 0 radical (unpaired) electrons. The molecule has 4 aromatic carbocycles. The monoisotopic (exact) mass is 624 g/mol. The number of nitrogens with zero attached hydrogens (tertiary/aromatic N) is 2. The van der Waals surface area contributed by atoms with Gasteiger partial charge in [0.1, 0.15) is 0 Å². The number of hydrogen-bond acceptors (Lipinski definition) is 11. The standard InChI is InChI=1S/C33H24N2O11/c36-30(20-10-4-1-5-11-20)43-26-19-42-29(34-24-17-16-23(35(40)41)18-25(24)44-33(34)39)28(46-32(38)22-14-8-3-9-15-22)27(26)45-31(37)21-12-6-2-7-13-21/h1-18,26-29H,19H2/t26-,27-,28-,29+/m1/s1. The summed E-state index contributed by atoms with van der Waals surface area (Å²) in [7, 11) is 0. The number of oxazole rings is 1. The first kappa shape index (κ1) is 30.0. The van der Waals surface area contributed by atoms with Crippen molar-refractivity contribution in [2.45, 2.75) is 24.5 Å². The molecule has 2 heterocycles. The van der Waals surface area contributed by atoms with Crippen LogP contribution in [0.5, 0.6) is 0 Å². The molecule has 13 heteroatoms. The molecule has 1 saturated heterocycles. The summed E-state index contributed by atoms with van der Waals surface area (Å²) in [6.07, 6.45) is -5.87. The van der Waals surface area contributed by atoms with E-state index in [1.807, 2.05) is 0 Å². The van der Waals surface area contributed by atoms with Crippen LogP contribution in [0.15, 0.2) is 118 Å². The molecular weight excluding hydrogens is 600 g/mol. The van der Waals surface area contributed by atoms with Crippen molar-refractivity contribution in [2.75, 3.05) is 6.61 Å². The van der Waals surface area contributed by atoms with E-state index in [9.17, 15) is 29.3 Å². The van der Waals surface area contributed by atoms with E-state index in [0.29, 0.717) is 0 Å². The summed E-state index contributed by atoms with van der Waals surface area (Å²) in [6.45, 7) is -0.401. The first-order chi connectivity index (χ1) is 22.3. The van der Waals surface area contributed by atoms with Crippen LogP contribution in [0.2, 0.25) is 0 Å². The molecule has 1 aromatic heterocycles. The summed E-state index contributed by atoms with van der Waals surface area (Å²) in [5.74, 6) is -3.44. The lowest BCUT2D eigenvalue weighted by Gasteiger charge is -2.40. The Morgan fingerprint density at radius 1 is 0.717 bits per heavy atom. The van der Waals surface area contributed by atoms with Crippen molar-refractivity contribution >= 4 is 34.7 Å². The summed E-state index contributed by atoms with van der Waals surface area (Å²) in [5.41, 5.74) is 0.116. The molecule has 1 aliphatic rings. The molecule has 0 bridgehead atoms. The maximum atomic E-state index is 13.4. The molecule has 0 aliphatic carbocycles. The highest BCUT2D eigenvalue weighted by molar-refractivity contribution is 5.91. The SMILES string of the molecule is O=C(O[C@@H]1[C@H](OC(=O)c2ccccc2)[C@H](OC(=O)c2ccccc2)CO[C@@H]1n1c(=O)oc2cc([N+](=O)[O-])ccc21)c1ccccc1. The number of carbonyl (C=O) groups is 3. The molecule has 5 aromatic rings. The van der Waals surface area contributed by atoms with Gasteiger partial charge in [-0.1, -0.05) is 54.6 Å². The number of aromatic nitrogens is 1. The van der Waals surface area contributed by atoms with E-state index in [2.05, 4.69) is 0 Å². The van der Waals surface area contributed by atoms with Crippen LogP contribution in [-0.2, 0) is 18.9 Å². The normalized spacial score (nSPS) is 19.2. The Bertz CT molecular complexity index is 1960. The molecule has 0 N–H and O–H groups in total. The van der Waals surface area contributed by atoms with E-state index in [1.165, 1.54) is 48.5 Å². The molecule has 0 spiro atoms. The summed E-state index contributed by atoms with van der Waals surface area (Å²) < 4.78 is 29.9. The van der Waals surface area contributed by atoms with E-state index < -0.39 is 59.7 Å². The molecule has 4 atom stereocenters. The first-order valence-electron chi connectivity index (χ1n) is 14.0. The largest absolute Gasteiger partial charge is 0.452 e. The van der Waals surface area contributed by atoms with Crippen LogP contribution in [0, 0.1) is 10.1 Å². The van der Waals surface area contributed by atoms with Crippen LogP contribution < -0.4 is 5.76 Å². The number of non-ortho nitro benzene ring substituents is 1. The molecule has 1 fully saturated rings. The highest BCUT2D eigenvalue weighted by Crippen LogP contribution is 2.34. The summed E-state index contributed by atoms with van der Waals surface area (Å²) >= 11 is 0. The third-order valence-electron chi connectivity index (χ3n) is 7.24. The van der Waals surface area contributed by atoms with Crippen LogP contribution >= 0.6 is 0 Å². The number of fused-ring (bicyclic) bond motifs is 1. The van der Waals surface area contributed by atoms with E-state index in [1.54, 1.807) is 54.6 Å². The zero-order valence-corrected chi connectivity index (χ0v) is 23.8. The van der Waals surface area contributed by atoms with Crippen molar-refractivity contribution in [1.82, 2.24) is 4.57 Å². The van der Waals surface area contributed by atoms with Gasteiger partial charge in [0.2, 0.25) is 0 Å². The van der Waals surface area contributed by atoms with Crippen molar-refractivity contribution in [3.63, 3.8) is 0 Å². The fourth-order valence-corrected chi connectivity index (χ4v) is 5.04. The number of nitro benzene ring substituents is 1. The summed E-state index contributed by atoms with van der Waals surface area (Å²) in [5, 5.41) is 11.3. The van der Waals surface area contributed by atoms with Gasteiger partial charge in [-0.15, -0.1) is 0 Å². The Kier molecular flexibility index (Phi) is 8.39. The second kappa shape index (κ2) is 12.9. The van der Waals surface area contributed by atoms with Gasteiger partial charge in [0.05, 0.1) is 39.8 Å². The zero-order valence-electron chi connectivity index (χ0n) is 23.8. The lowest BCUT2D eigenvalue weighted by Crippen LogP contribution is -2.56. The van der Waals surface area contributed by atoms with E-state index >= 15 is 0 Å². The quantitative estimate of drug-likeness (QED) is 0.102. The van der Waals surface area contributed by atoms with E-state index in [4.69, 9.17) is 23.4 Å². The summed E-state index contributed by atoms with van der Waals surface area (Å²) in [6, 6.07) is 27.5. The third kappa shape index (κ3) is 6.12. The lowest BCUT2D eigenvalue weighted by molar-refractivity contribution is -0.384. The van der Waals surface area contributed by atoms with E-state index in [0.717, 1.165) is 10.6 Å². The molecule has 1 aliphatic heterocycles. The molecule has 6 rings (SSSR count). The average Bonchev–Trinajstić information content (AvgIpc) is 3.41. The Morgan fingerprint density at radius 3 is 1.74 bits per heavy atom. The van der Waals surface area contributed by atoms with Gasteiger partial charge in [-0.25, -0.2) is 23.7 Å². The van der Waals surface area contributed by atoms with Crippen molar-refractivity contribution in [2.24, 2.45) is 0 Å². The highest BCUT2D eigenvalue weighted by Gasteiger charge is 2.50. The van der Waals surface area contributed by atoms with Crippen LogP contribution in [0.4, 0.5) is 5.69 Å². The maximum Gasteiger partial charge on any atom is 0.422 e. The Hall–Kier alpha value is -6.08. The number of benzene rings is 4. The van der Waals surface area contributed by atoms with E-state index in [-0.39, 0.29) is 33.5 Å².